The van der Waals surface area contributed by atoms with Crippen LogP contribution < -0.4 is 5.73 Å². The second-order valence-electron chi connectivity index (χ2n) is 3.25. The van der Waals surface area contributed by atoms with Crippen molar-refractivity contribution in [3.05, 3.63) is 38.9 Å². The minimum absolute atomic E-state index is 0.122. The predicted octanol–water partition coefficient (Wildman–Crippen LogP) is 2.38. The van der Waals surface area contributed by atoms with Crippen LogP contribution in [0.5, 0.6) is 0 Å². The van der Waals surface area contributed by atoms with Gasteiger partial charge in [-0.15, -0.1) is 0 Å². The molecule has 1 rings (SSSR count). The molecule has 0 amide bonds. The SMILES string of the molecule is Cc1cc([N+](=O)[O-])c(CN)cc1C(F)(F)F. The Morgan fingerprint density at radius 1 is 1.44 bits per heavy atom. The fraction of sp³-hybridized carbons (Fsp3) is 0.333. The Morgan fingerprint density at radius 2 is 2.00 bits per heavy atom. The summed E-state index contributed by atoms with van der Waals surface area (Å²) in [7, 11) is 0. The molecular formula is C9H9F3N2O2. The summed E-state index contributed by atoms with van der Waals surface area (Å²) in [5.41, 5.74) is 3.60. The largest absolute Gasteiger partial charge is 0.416 e. The summed E-state index contributed by atoms with van der Waals surface area (Å²) in [6.07, 6.45) is -4.52. The van der Waals surface area contributed by atoms with Crippen LogP contribution >= 0.6 is 0 Å². The number of rotatable bonds is 2. The highest BCUT2D eigenvalue weighted by Gasteiger charge is 2.34. The summed E-state index contributed by atoms with van der Waals surface area (Å²) in [6, 6.07) is 1.62. The summed E-state index contributed by atoms with van der Waals surface area (Å²) in [5.74, 6) is 0. The molecule has 0 aliphatic heterocycles. The van der Waals surface area contributed by atoms with E-state index in [0.717, 1.165) is 12.1 Å². The summed E-state index contributed by atoms with van der Waals surface area (Å²) < 4.78 is 37.5. The molecule has 0 bridgehead atoms. The average molecular weight is 234 g/mol. The lowest BCUT2D eigenvalue weighted by molar-refractivity contribution is -0.385. The number of nitro benzene ring substituents is 1. The second-order valence-corrected chi connectivity index (χ2v) is 3.25. The lowest BCUT2D eigenvalue weighted by Gasteiger charge is -2.11. The fourth-order valence-electron chi connectivity index (χ4n) is 1.38. The van der Waals surface area contributed by atoms with Gasteiger partial charge in [-0.1, -0.05) is 0 Å². The van der Waals surface area contributed by atoms with Crippen molar-refractivity contribution in [1.29, 1.82) is 0 Å². The minimum Gasteiger partial charge on any atom is -0.326 e. The summed E-state index contributed by atoms with van der Waals surface area (Å²) in [6.45, 7) is 0.871. The highest BCUT2D eigenvalue weighted by molar-refractivity contribution is 5.47. The summed E-state index contributed by atoms with van der Waals surface area (Å²) >= 11 is 0. The normalized spacial score (nSPS) is 11.6. The Morgan fingerprint density at radius 3 is 2.38 bits per heavy atom. The van der Waals surface area contributed by atoms with Crippen molar-refractivity contribution in [2.75, 3.05) is 0 Å². The topological polar surface area (TPSA) is 69.2 Å². The van der Waals surface area contributed by atoms with Gasteiger partial charge in [-0.2, -0.15) is 13.2 Å². The maximum atomic E-state index is 12.5. The van der Waals surface area contributed by atoms with E-state index < -0.39 is 16.7 Å². The number of nitro groups is 1. The molecule has 0 aromatic heterocycles. The van der Waals surface area contributed by atoms with Gasteiger partial charge in [0.2, 0.25) is 0 Å². The molecule has 16 heavy (non-hydrogen) atoms. The van der Waals surface area contributed by atoms with Crippen molar-refractivity contribution in [2.24, 2.45) is 5.73 Å². The van der Waals surface area contributed by atoms with Crippen molar-refractivity contribution in [3.63, 3.8) is 0 Å². The molecular weight excluding hydrogens is 225 g/mol. The third-order valence-corrected chi connectivity index (χ3v) is 2.15. The molecule has 0 saturated carbocycles. The molecule has 0 unspecified atom stereocenters. The van der Waals surface area contributed by atoms with Gasteiger partial charge in [-0.25, -0.2) is 0 Å². The van der Waals surface area contributed by atoms with E-state index in [1.54, 1.807) is 0 Å². The molecule has 0 spiro atoms. The molecule has 0 aliphatic rings. The first-order valence-electron chi connectivity index (χ1n) is 4.32. The zero-order valence-electron chi connectivity index (χ0n) is 8.34. The van der Waals surface area contributed by atoms with Crippen molar-refractivity contribution < 1.29 is 18.1 Å². The highest BCUT2D eigenvalue weighted by Crippen LogP contribution is 2.35. The number of nitrogens with zero attached hydrogens (tertiary/aromatic N) is 1. The maximum absolute atomic E-state index is 12.5. The van der Waals surface area contributed by atoms with Crippen LogP contribution in [0, 0.1) is 17.0 Å². The first-order chi connectivity index (χ1) is 7.27. The Balaban J connectivity index is 3.43. The van der Waals surface area contributed by atoms with E-state index in [9.17, 15) is 23.3 Å². The zero-order valence-corrected chi connectivity index (χ0v) is 8.34. The number of benzene rings is 1. The summed E-state index contributed by atoms with van der Waals surface area (Å²) in [5, 5.41) is 10.6. The first kappa shape index (κ1) is 12.4. The molecule has 0 atom stereocenters. The Bertz CT molecular complexity index is 429. The lowest BCUT2D eigenvalue weighted by Crippen LogP contribution is -2.11. The van der Waals surface area contributed by atoms with Gasteiger partial charge in [0.05, 0.1) is 10.5 Å². The molecule has 0 radical (unpaired) electrons. The highest BCUT2D eigenvalue weighted by atomic mass is 19.4. The molecule has 7 heteroatoms. The molecule has 0 saturated heterocycles. The first-order valence-corrected chi connectivity index (χ1v) is 4.32. The van der Waals surface area contributed by atoms with Crippen molar-refractivity contribution in [3.8, 4) is 0 Å². The van der Waals surface area contributed by atoms with Crippen LogP contribution in [0.4, 0.5) is 18.9 Å². The smallest absolute Gasteiger partial charge is 0.326 e. The van der Waals surface area contributed by atoms with Gasteiger partial charge < -0.3 is 5.73 Å². The van der Waals surface area contributed by atoms with E-state index >= 15 is 0 Å². The number of hydrogen-bond acceptors (Lipinski definition) is 3. The standard InChI is InChI=1S/C9H9F3N2O2/c1-5-2-8(14(15)16)6(4-13)3-7(5)9(10,11)12/h2-3H,4,13H2,1H3. The van der Waals surface area contributed by atoms with Crippen molar-refractivity contribution >= 4 is 5.69 Å². The van der Waals surface area contributed by atoms with Gasteiger partial charge >= 0.3 is 6.18 Å². The Hall–Kier alpha value is -1.63. The quantitative estimate of drug-likeness (QED) is 0.630. The number of alkyl halides is 3. The number of halogens is 3. The summed E-state index contributed by atoms with van der Waals surface area (Å²) in [4.78, 5) is 9.82. The molecule has 0 fully saturated rings. The van der Waals surface area contributed by atoms with Crippen LogP contribution in [-0.4, -0.2) is 4.92 Å². The van der Waals surface area contributed by atoms with E-state index in [4.69, 9.17) is 5.73 Å². The van der Waals surface area contributed by atoms with Gasteiger partial charge in [0.15, 0.2) is 0 Å². The fourth-order valence-corrected chi connectivity index (χ4v) is 1.38. The van der Waals surface area contributed by atoms with E-state index in [1.165, 1.54) is 6.92 Å². The number of nitrogens with two attached hydrogens (primary N) is 1. The number of aryl methyl sites for hydroxylation is 1. The molecule has 1 aromatic carbocycles. The van der Waals surface area contributed by atoms with Crippen LogP contribution in [0.15, 0.2) is 12.1 Å². The van der Waals surface area contributed by atoms with Gasteiger partial charge in [0.25, 0.3) is 5.69 Å². The van der Waals surface area contributed by atoms with Gasteiger partial charge in [-0.05, 0) is 18.6 Å². The van der Waals surface area contributed by atoms with E-state index in [-0.39, 0.29) is 23.4 Å². The molecule has 0 heterocycles. The van der Waals surface area contributed by atoms with E-state index in [0.29, 0.717) is 0 Å². The van der Waals surface area contributed by atoms with Crippen LogP contribution in [0.25, 0.3) is 0 Å². The lowest BCUT2D eigenvalue weighted by atomic mass is 10.0. The number of hydrogen-bond donors (Lipinski definition) is 1. The average Bonchev–Trinajstić information content (AvgIpc) is 2.15. The molecule has 2 N–H and O–H groups in total. The van der Waals surface area contributed by atoms with Crippen LogP contribution in [0.1, 0.15) is 16.7 Å². The van der Waals surface area contributed by atoms with Crippen LogP contribution in [0.3, 0.4) is 0 Å². The van der Waals surface area contributed by atoms with Crippen LogP contribution in [-0.2, 0) is 12.7 Å². The van der Waals surface area contributed by atoms with Crippen LogP contribution in [0.2, 0.25) is 0 Å². The Labute approximate surface area is 89.0 Å². The van der Waals surface area contributed by atoms with Gasteiger partial charge in [0, 0.05) is 18.2 Å². The molecule has 0 aliphatic carbocycles. The zero-order chi connectivity index (χ0) is 12.5. The van der Waals surface area contributed by atoms with Crippen molar-refractivity contribution in [1.82, 2.24) is 0 Å². The maximum Gasteiger partial charge on any atom is 0.416 e. The monoisotopic (exact) mass is 234 g/mol. The van der Waals surface area contributed by atoms with E-state index in [2.05, 4.69) is 0 Å². The third kappa shape index (κ3) is 2.30. The third-order valence-electron chi connectivity index (χ3n) is 2.15. The second kappa shape index (κ2) is 4.09. The van der Waals surface area contributed by atoms with E-state index in [1.807, 2.05) is 0 Å². The van der Waals surface area contributed by atoms with Gasteiger partial charge in [-0.3, -0.25) is 10.1 Å². The molecule has 88 valence electrons. The predicted molar refractivity (Wildman–Crippen MR) is 50.7 cm³/mol. The van der Waals surface area contributed by atoms with Crippen molar-refractivity contribution in [2.45, 2.75) is 19.6 Å². The van der Waals surface area contributed by atoms with Gasteiger partial charge in [0.1, 0.15) is 0 Å². The molecule has 1 aromatic rings. The Kier molecular flexibility index (Phi) is 3.18. The minimum atomic E-state index is -4.52. The molecule has 4 nitrogen and oxygen atoms in total.